The van der Waals surface area contributed by atoms with Crippen LogP contribution in [0.5, 0.6) is 0 Å². The second kappa shape index (κ2) is 5.09. The molecule has 4 rings (SSSR count). The maximum Gasteiger partial charge on any atom is 0.416 e. The Balaban J connectivity index is 2.07. The van der Waals surface area contributed by atoms with Gasteiger partial charge in [-0.15, -0.1) is 0 Å². The van der Waals surface area contributed by atoms with Gasteiger partial charge in [-0.25, -0.2) is 0 Å². The second-order valence-corrected chi connectivity index (χ2v) is 8.39. The van der Waals surface area contributed by atoms with Gasteiger partial charge in [-0.1, -0.05) is 60.7 Å². The summed E-state index contributed by atoms with van der Waals surface area (Å²) in [6.45, 7) is 0. The molecule has 0 spiro atoms. The zero-order valence-electron chi connectivity index (χ0n) is 12.4. The lowest BCUT2D eigenvalue weighted by Gasteiger charge is -2.16. The van der Waals surface area contributed by atoms with Crippen LogP contribution >= 0.6 is 7.14 Å². The van der Waals surface area contributed by atoms with E-state index in [1.807, 2.05) is 6.07 Å². The van der Waals surface area contributed by atoms with Crippen LogP contribution in [-0.4, -0.2) is 0 Å². The molecule has 5 heteroatoms. The summed E-state index contributed by atoms with van der Waals surface area (Å²) in [4.78, 5) is 0. The molecule has 0 saturated carbocycles. The molecule has 0 radical (unpaired) electrons. The molecule has 24 heavy (non-hydrogen) atoms. The molecular formula is C19H12F3OP. The first-order chi connectivity index (χ1) is 11.4. The Morgan fingerprint density at radius 3 is 2.04 bits per heavy atom. The van der Waals surface area contributed by atoms with Crippen LogP contribution in [0.2, 0.25) is 0 Å². The van der Waals surface area contributed by atoms with E-state index in [1.54, 1.807) is 48.5 Å². The standard InChI is InChI=1S/C19H12F3OP/c20-19(21,22)13-10-11-16-15-8-4-5-9-17(15)24(23,18(16)12-13)14-6-2-1-3-7-14/h1-12H. The van der Waals surface area contributed by atoms with E-state index in [0.29, 0.717) is 16.2 Å². The Hall–Kier alpha value is -2.32. The van der Waals surface area contributed by atoms with Gasteiger partial charge in [0.25, 0.3) is 0 Å². The molecule has 1 aliphatic heterocycles. The Labute approximate surface area is 137 Å². The fraction of sp³-hybridized carbons (Fsp3) is 0.0526. The highest BCUT2D eigenvalue weighted by molar-refractivity contribution is 7.86. The van der Waals surface area contributed by atoms with E-state index in [-0.39, 0.29) is 5.30 Å². The van der Waals surface area contributed by atoms with Gasteiger partial charge in [0.1, 0.15) is 0 Å². The molecule has 1 atom stereocenters. The first-order valence-corrected chi connectivity index (χ1v) is 9.10. The highest BCUT2D eigenvalue weighted by atomic mass is 31.2. The Kier molecular flexibility index (Phi) is 3.23. The topological polar surface area (TPSA) is 17.1 Å². The minimum atomic E-state index is -4.47. The quantitative estimate of drug-likeness (QED) is 0.470. The third-order valence-corrected chi connectivity index (χ3v) is 7.46. The summed E-state index contributed by atoms with van der Waals surface area (Å²) >= 11 is 0. The van der Waals surface area contributed by atoms with E-state index in [9.17, 15) is 17.7 Å². The van der Waals surface area contributed by atoms with Gasteiger partial charge in [0, 0.05) is 15.9 Å². The predicted octanol–water partition coefficient (Wildman–Crippen LogP) is 4.33. The van der Waals surface area contributed by atoms with Gasteiger partial charge in [-0.2, -0.15) is 13.2 Å². The maximum absolute atomic E-state index is 14.0. The Morgan fingerprint density at radius 2 is 1.33 bits per heavy atom. The van der Waals surface area contributed by atoms with E-state index < -0.39 is 18.9 Å². The largest absolute Gasteiger partial charge is 0.416 e. The fourth-order valence-electron chi connectivity index (χ4n) is 3.22. The summed E-state index contributed by atoms with van der Waals surface area (Å²) in [7, 11) is -3.30. The van der Waals surface area contributed by atoms with Crippen LogP contribution in [0.15, 0.2) is 72.8 Å². The summed E-state index contributed by atoms with van der Waals surface area (Å²) in [5.74, 6) is 0. The minimum absolute atomic E-state index is 0.268. The lowest BCUT2D eigenvalue weighted by atomic mass is 10.0. The molecule has 0 amide bonds. The van der Waals surface area contributed by atoms with Gasteiger partial charge in [0.15, 0.2) is 7.14 Å². The summed E-state index contributed by atoms with van der Waals surface area (Å²) in [6.07, 6.45) is -4.47. The van der Waals surface area contributed by atoms with Gasteiger partial charge in [-0.05, 0) is 23.3 Å². The van der Waals surface area contributed by atoms with Crippen LogP contribution in [-0.2, 0) is 10.7 Å². The second-order valence-electron chi connectivity index (χ2n) is 5.69. The van der Waals surface area contributed by atoms with Crippen molar-refractivity contribution in [3.05, 3.63) is 78.4 Å². The molecule has 120 valence electrons. The summed E-state index contributed by atoms with van der Waals surface area (Å²) < 4.78 is 53.4. The molecular weight excluding hydrogens is 332 g/mol. The number of hydrogen-bond acceptors (Lipinski definition) is 1. The lowest BCUT2D eigenvalue weighted by molar-refractivity contribution is -0.137. The van der Waals surface area contributed by atoms with Gasteiger partial charge >= 0.3 is 6.18 Å². The van der Waals surface area contributed by atoms with Crippen molar-refractivity contribution in [2.24, 2.45) is 0 Å². The zero-order valence-corrected chi connectivity index (χ0v) is 13.3. The first-order valence-electron chi connectivity index (χ1n) is 7.40. The van der Waals surface area contributed by atoms with Gasteiger partial charge in [-0.3, -0.25) is 0 Å². The molecule has 1 heterocycles. The molecule has 0 N–H and O–H groups in total. The van der Waals surface area contributed by atoms with Crippen molar-refractivity contribution in [3.63, 3.8) is 0 Å². The van der Waals surface area contributed by atoms with Crippen LogP contribution in [0, 0.1) is 0 Å². The number of alkyl halides is 3. The predicted molar refractivity (Wildman–Crippen MR) is 89.8 cm³/mol. The van der Waals surface area contributed by atoms with E-state index in [4.69, 9.17) is 0 Å². The molecule has 0 bridgehead atoms. The molecule has 0 saturated heterocycles. The van der Waals surface area contributed by atoms with Crippen molar-refractivity contribution >= 4 is 23.1 Å². The summed E-state index contributed by atoms with van der Waals surface area (Å²) in [5.41, 5.74) is 0.587. The van der Waals surface area contributed by atoms with Crippen LogP contribution in [0.25, 0.3) is 11.1 Å². The average molecular weight is 344 g/mol. The molecule has 0 aliphatic carbocycles. The third kappa shape index (κ3) is 2.06. The number of halogens is 3. The van der Waals surface area contributed by atoms with Crippen LogP contribution in [0.1, 0.15) is 5.56 Å². The van der Waals surface area contributed by atoms with Crippen molar-refractivity contribution in [1.29, 1.82) is 0 Å². The summed E-state index contributed by atoms with van der Waals surface area (Å²) in [5, 5.41) is 1.42. The zero-order chi connectivity index (χ0) is 16.9. The van der Waals surface area contributed by atoms with Crippen molar-refractivity contribution in [2.45, 2.75) is 6.18 Å². The molecule has 1 aliphatic rings. The first kappa shape index (κ1) is 15.2. The van der Waals surface area contributed by atoms with Crippen molar-refractivity contribution in [3.8, 4) is 11.1 Å². The SMILES string of the molecule is O=P1(c2ccccc2)c2ccccc2-c2ccc(C(F)(F)F)cc21. The number of hydrogen-bond donors (Lipinski definition) is 0. The third-order valence-electron chi connectivity index (χ3n) is 4.32. The Morgan fingerprint density at radius 1 is 0.708 bits per heavy atom. The number of fused-ring (bicyclic) bond motifs is 3. The van der Waals surface area contributed by atoms with E-state index in [0.717, 1.165) is 17.7 Å². The van der Waals surface area contributed by atoms with Crippen LogP contribution in [0.4, 0.5) is 13.2 Å². The minimum Gasteiger partial charge on any atom is -0.309 e. The number of rotatable bonds is 1. The van der Waals surface area contributed by atoms with Gasteiger partial charge in [0.05, 0.1) is 5.56 Å². The van der Waals surface area contributed by atoms with Gasteiger partial charge < -0.3 is 4.57 Å². The summed E-state index contributed by atoms with van der Waals surface area (Å²) in [6, 6.07) is 19.4. The average Bonchev–Trinajstić information content (AvgIpc) is 2.85. The van der Waals surface area contributed by atoms with Gasteiger partial charge in [0.2, 0.25) is 0 Å². The molecule has 1 nitrogen and oxygen atoms in total. The lowest BCUT2D eigenvalue weighted by Crippen LogP contribution is -2.21. The molecule has 0 fully saturated rings. The van der Waals surface area contributed by atoms with E-state index in [2.05, 4.69) is 0 Å². The Bertz CT molecular complexity index is 977. The van der Waals surface area contributed by atoms with Crippen molar-refractivity contribution in [1.82, 2.24) is 0 Å². The molecule has 3 aromatic rings. The smallest absolute Gasteiger partial charge is 0.309 e. The molecule has 0 aromatic heterocycles. The van der Waals surface area contributed by atoms with Crippen molar-refractivity contribution < 1.29 is 17.7 Å². The van der Waals surface area contributed by atoms with Crippen LogP contribution < -0.4 is 15.9 Å². The maximum atomic E-state index is 14.0. The van der Waals surface area contributed by atoms with Crippen LogP contribution in [0.3, 0.4) is 0 Å². The number of benzene rings is 3. The molecule has 1 unspecified atom stereocenters. The van der Waals surface area contributed by atoms with E-state index in [1.165, 1.54) is 6.07 Å². The highest BCUT2D eigenvalue weighted by Gasteiger charge is 2.42. The highest BCUT2D eigenvalue weighted by Crippen LogP contribution is 2.52. The fourth-order valence-corrected chi connectivity index (χ4v) is 6.31. The van der Waals surface area contributed by atoms with Crippen molar-refractivity contribution in [2.75, 3.05) is 0 Å². The monoisotopic (exact) mass is 344 g/mol. The normalized spacial score (nSPS) is 19.0. The van der Waals surface area contributed by atoms with E-state index >= 15 is 0 Å². The molecule has 3 aromatic carbocycles.